The van der Waals surface area contributed by atoms with E-state index >= 15 is 0 Å². The lowest BCUT2D eigenvalue weighted by molar-refractivity contribution is -0.138. The zero-order valence-electron chi connectivity index (χ0n) is 7.22. The van der Waals surface area contributed by atoms with Gasteiger partial charge in [-0.15, -0.1) is 0 Å². The van der Waals surface area contributed by atoms with Gasteiger partial charge in [-0.1, -0.05) is 28.1 Å². The van der Waals surface area contributed by atoms with E-state index in [0.717, 1.165) is 10.0 Å². The largest absolute Gasteiger partial charge is 0.480 e. The fraction of sp³-hybridized carbons (Fsp3) is 0.222. The van der Waals surface area contributed by atoms with Gasteiger partial charge < -0.3 is 10.8 Å². The first-order valence-corrected chi connectivity index (χ1v) is 5.25. The quantitative estimate of drug-likeness (QED) is 0.738. The van der Waals surface area contributed by atoms with Crippen molar-refractivity contribution in [1.82, 2.24) is 0 Å². The summed E-state index contributed by atoms with van der Waals surface area (Å²) in [6, 6.07) is 6.28. The predicted octanol–water partition coefficient (Wildman–Crippen LogP) is 1.83. The second-order valence-electron chi connectivity index (χ2n) is 2.86. The third-order valence-corrected chi connectivity index (χ3v) is 2.93. The average Bonchev–Trinajstić information content (AvgIpc) is 2.15. The number of rotatable bonds is 3. The Morgan fingerprint density at radius 3 is 2.71 bits per heavy atom. The Morgan fingerprint density at radius 2 is 2.21 bits per heavy atom. The number of halogens is 1. The van der Waals surface area contributed by atoms with Crippen molar-refractivity contribution >= 4 is 34.5 Å². The number of carbonyl (C=O) groups is 1. The molecule has 1 rings (SSSR count). The van der Waals surface area contributed by atoms with Gasteiger partial charge in [-0.3, -0.25) is 4.79 Å². The van der Waals surface area contributed by atoms with Crippen LogP contribution in [-0.4, -0.2) is 17.1 Å². The van der Waals surface area contributed by atoms with Gasteiger partial charge in [0.25, 0.3) is 0 Å². The number of nitrogens with two attached hydrogens (primary N) is 1. The number of carboxylic acids is 1. The number of hydrogen-bond donors (Lipinski definition) is 3. The summed E-state index contributed by atoms with van der Waals surface area (Å²) in [7, 11) is 0. The maximum absolute atomic E-state index is 10.6. The smallest absolute Gasteiger partial charge is 0.321 e. The van der Waals surface area contributed by atoms with Crippen molar-refractivity contribution in [2.45, 2.75) is 11.3 Å². The normalized spacial score (nSPS) is 14.8. The molecule has 3 nitrogen and oxygen atoms in total. The summed E-state index contributed by atoms with van der Waals surface area (Å²) >= 11 is 7.47. The van der Waals surface area contributed by atoms with Gasteiger partial charge in [-0.2, -0.15) is 12.6 Å². The summed E-state index contributed by atoms with van der Waals surface area (Å²) in [6.45, 7) is 0. The number of hydrogen-bond acceptors (Lipinski definition) is 3. The molecule has 0 aromatic heterocycles. The monoisotopic (exact) mass is 275 g/mol. The summed E-state index contributed by atoms with van der Waals surface area (Å²) in [6.07, 6.45) is 0. The van der Waals surface area contributed by atoms with Gasteiger partial charge in [0, 0.05) is 4.47 Å². The molecule has 0 spiro atoms. The Bertz CT molecular complexity index is 345. The molecule has 0 aliphatic carbocycles. The maximum atomic E-state index is 10.6. The molecular weight excluding hydrogens is 266 g/mol. The molecule has 76 valence electrons. The fourth-order valence-corrected chi connectivity index (χ4v) is 1.74. The molecule has 0 heterocycles. The van der Waals surface area contributed by atoms with Crippen LogP contribution in [0.3, 0.4) is 0 Å². The van der Waals surface area contributed by atoms with Gasteiger partial charge in [-0.25, -0.2) is 0 Å². The van der Waals surface area contributed by atoms with E-state index in [2.05, 4.69) is 28.6 Å². The van der Waals surface area contributed by atoms with Gasteiger partial charge in [0.15, 0.2) is 0 Å². The zero-order chi connectivity index (χ0) is 10.7. The number of thiol groups is 1. The lowest BCUT2D eigenvalue weighted by Crippen LogP contribution is -2.34. The van der Waals surface area contributed by atoms with Crippen LogP contribution in [0, 0.1) is 0 Å². The molecule has 1 aromatic rings. The van der Waals surface area contributed by atoms with Crippen molar-refractivity contribution in [2.75, 3.05) is 0 Å². The molecule has 0 saturated heterocycles. The molecule has 0 radical (unpaired) electrons. The molecule has 0 fully saturated rings. The molecule has 14 heavy (non-hydrogen) atoms. The minimum Gasteiger partial charge on any atom is -0.480 e. The van der Waals surface area contributed by atoms with Crippen LogP contribution in [0.15, 0.2) is 28.7 Å². The Labute approximate surface area is 95.8 Å². The number of carboxylic acid groups (broad SMARTS) is 1. The Kier molecular flexibility index (Phi) is 3.97. The summed E-state index contributed by atoms with van der Waals surface area (Å²) in [5.41, 5.74) is 6.24. The highest BCUT2D eigenvalue weighted by Crippen LogP contribution is 2.25. The van der Waals surface area contributed by atoms with Crippen molar-refractivity contribution in [3.63, 3.8) is 0 Å². The van der Waals surface area contributed by atoms with E-state index in [9.17, 15) is 4.79 Å². The van der Waals surface area contributed by atoms with Crippen LogP contribution < -0.4 is 5.73 Å². The van der Waals surface area contributed by atoms with Crippen molar-refractivity contribution < 1.29 is 9.90 Å². The highest BCUT2D eigenvalue weighted by molar-refractivity contribution is 9.10. The van der Waals surface area contributed by atoms with E-state index in [4.69, 9.17) is 10.8 Å². The van der Waals surface area contributed by atoms with Crippen LogP contribution in [0.4, 0.5) is 0 Å². The molecule has 2 atom stereocenters. The second kappa shape index (κ2) is 4.82. The Balaban J connectivity index is 2.89. The van der Waals surface area contributed by atoms with Crippen LogP contribution in [-0.2, 0) is 4.79 Å². The van der Waals surface area contributed by atoms with E-state index in [0.29, 0.717) is 0 Å². The predicted molar refractivity (Wildman–Crippen MR) is 61.5 cm³/mol. The molecule has 0 amide bonds. The topological polar surface area (TPSA) is 63.3 Å². The first kappa shape index (κ1) is 11.6. The van der Waals surface area contributed by atoms with Gasteiger partial charge in [0.05, 0.1) is 5.25 Å². The maximum Gasteiger partial charge on any atom is 0.321 e. The highest BCUT2D eigenvalue weighted by atomic mass is 79.9. The fourth-order valence-electron chi connectivity index (χ4n) is 1.03. The van der Waals surface area contributed by atoms with Gasteiger partial charge >= 0.3 is 5.97 Å². The van der Waals surface area contributed by atoms with Gasteiger partial charge in [0.2, 0.25) is 0 Å². The van der Waals surface area contributed by atoms with Crippen LogP contribution in [0.1, 0.15) is 10.8 Å². The third kappa shape index (κ3) is 2.73. The summed E-state index contributed by atoms with van der Waals surface area (Å²) < 4.78 is 0.881. The Morgan fingerprint density at radius 1 is 1.57 bits per heavy atom. The van der Waals surface area contributed by atoms with Gasteiger partial charge in [-0.05, 0) is 17.7 Å². The van der Waals surface area contributed by atoms with Gasteiger partial charge in [0.1, 0.15) is 6.04 Å². The molecule has 2 unspecified atom stereocenters. The van der Waals surface area contributed by atoms with Crippen molar-refractivity contribution in [1.29, 1.82) is 0 Å². The molecule has 0 saturated carbocycles. The standard InChI is InChI=1S/C9H10BrNO2S/c10-6-3-1-2-5(4-6)8(14)7(11)9(12)13/h1-4,7-8,14H,11H2,(H,12,13). The van der Waals surface area contributed by atoms with Crippen molar-refractivity contribution in [2.24, 2.45) is 5.73 Å². The Hall–Kier alpha value is -0.520. The van der Waals surface area contributed by atoms with Crippen LogP contribution in [0.25, 0.3) is 0 Å². The molecule has 3 N–H and O–H groups in total. The molecule has 5 heteroatoms. The minimum absolute atomic E-state index is 0.495. The molecule has 0 aliphatic heterocycles. The average molecular weight is 276 g/mol. The summed E-state index contributed by atoms with van der Waals surface area (Å²) in [5, 5.41) is 8.20. The molecule has 0 bridgehead atoms. The lowest BCUT2D eigenvalue weighted by atomic mass is 10.1. The van der Waals surface area contributed by atoms with E-state index in [1.54, 1.807) is 12.1 Å². The summed E-state index contributed by atoms with van der Waals surface area (Å²) in [5.74, 6) is -1.05. The summed E-state index contributed by atoms with van der Waals surface area (Å²) in [4.78, 5) is 10.6. The minimum atomic E-state index is -1.05. The number of benzene rings is 1. The third-order valence-electron chi connectivity index (χ3n) is 1.82. The van der Waals surface area contributed by atoms with Crippen LogP contribution >= 0.6 is 28.6 Å². The SMILES string of the molecule is NC(C(=O)O)C(S)c1cccc(Br)c1. The van der Waals surface area contributed by atoms with Crippen molar-refractivity contribution in [3.8, 4) is 0 Å². The van der Waals surface area contributed by atoms with E-state index in [1.807, 2.05) is 12.1 Å². The number of aliphatic carboxylic acids is 1. The molecule has 0 aliphatic rings. The van der Waals surface area contributed by atoms with E-state index in [-0.39, 0.29) is 0 Å². The van der Waals surface area contributed by atoms with Crippen LogP contribution in [0.2, 0.25) is 0 Å². The zero-order valence-corrected chi connectivity index (χ0v) is 9.70. The highest BCUT2D eigenvalue weighted by Gasteiger charge is 2.22. The van der Waals surface area contributed by atoms with E-state index < -0.39 is 17.3 Å². The first-order chi connectivity index (χ1) is 6.52. The van der Waals surface area contributed by atoms with Crippen LogP contribution in [0.5, 0.6) is 0 Å². The molecular formula is C9H10BrNO2S. The first-order valence-electron chi connectivity index (χ1n) is 3.94. The lowest BCUT2D eigenvalue weighted by Gasteiger charge is -2.15. The van der Waals surface area contributed by atoms with Crippen molar-refractivity contribution in [3.05, 3.63) is 34.3 Å². The molecule has 1 aromatic carbocycles. The second-order valence-corrected chi connectivity index (χ2v) is 4.34. The van der Waals surface area contributed by atoms with E-state index in [1.165, 1.54) is 0 Å².